The highest BCUT2D eigenvalue weighted by Crippen LogP contribution is 2.25. The van der Waals surface area contributed by atoms with Gasteiger partial charge in [-0.25, -0.2) is 13.1 Å². The van der Waals surface area contributed by atoms with E-state index in [4.69, 9.17) is 9.84 Å². The van der Waals surface area contributed by atoms with Crippen molar-refractivity contribution in [1.29, 1.82) is 0 Å². The molecule has 11 heteroatoms. The van der Waals surface area contributed by atoms with Crippen LogP contribution in [-0.2, 0) is 14.8 Å². The van der Waals surface area contributed by atoms with E-state index in [1.54, 1.807) is 17.5 Å². The number of hydrogen-bond acceptors (Lipinski definition) is 6. The van der Waals surface area contributed by atoms with Crippen molar-refractivity contribution in [2.24, 2.45) is 0 Å². The van der Waals surface area contributed by atoms with Gasteiger partial charge in [0.25, 0.3) is 0 Å². The maximum absolute atomic E-state index is 12.3. The van der Waals surface area contributed by atoms with Crippen LogP contribution in [0.3, 0.4) is 0 Å². The van der Waals surface area contributed by atoms with E-state index in [-0.39, 0.29) is 24.7 Å². The Kier molecular flexibility index (Phi) is 7.01. The normalized spacial score (nSPS) is 13.5. The molecule has 1 aromatic carbocycles. The molecular weight excluding hydrogens is 395 g/mol. The number of aliphatic hydroxyl groups is 1. The van der Waals surface area contributed by atoms with Crippen molar-refractivity contribution in [1.82, 2.24) is 4.72 Å². The quantitative estimate of drug-likeness (QED) is 0.663. The third-order valence-electron chi connectivity index (χ3n) is 3.10. The molecule has 0 saturated heterocycles. The summed E-state index contributed by atoms with van der Waals surface area (Å²) in [7, 11) is -3.96. The molecule has 2 rings (SSSR count). The Morgan fingerprint density at radius 3 is 2.42 bits per heavy atom. The standard InChI is InChI=1S/C15H16F3NO5S2/c16-15(17,18)24-11-3-5-12(6-4-11)26(21,22)19-10-13(23-8-7-20)14-2-1-9-25-14/h1-6,9,13,19-20H,7-8,10H2/t13-/m0/s1. The second-order valence-electron chi connectivity index (χ2n) is 4.97. The Morgan fingerprint density at radius 2 is 1.88 bits per heavy atom. The average Bonchev–Trinajstić information content (AvgIpc) is 3.08. The number of nitrogens with one attached hydrogen (secondary N) is 1. The summed E-state index contributed by atoms with van der Waals surface area (Å²) in [5.74, 6) is -0.515. The molecule has 0 amide bonds. The lowest BCUT2D eigenvalue weighted by Crippen LogP contribution is -2.29. The summed E-state index contributed by atoms with van der Waals surface area (Å²) in [5.41, 5.74) is 0. The van der Waals surface area contributed by atoms with Gasteiger partial charge in [0.1, 0.15) is 11.9 Å². The molecule has 0 bridgehead atoms. The Balaban J connectivity index is 2.04. The minimum atomic E-state index is -4.85. The topological polar surface area (TPSA) is 84.9 Å². The van der Waals surface area contributed by atoms with E-state index in [1.165, 1.54) is 11.3 Å². The number of ether oxygens (including phenoxy) is 2. The number of hydrogen-bond donors (Lipinski definition) is 2. The van der Waals surface area contributed by atoms with Gasteiger partial charge in [-0.3, -0.25) is 0 Å². The van der Waals surface area contributed by atoms with Crippen molar-refractivity contribution in [2.45, 2.75) is 17.4 Å². The van der Waals surface area contributed by atoms with E-state index >= 15 is 0 Å². The number of rotatable bonds is 9. The van der Waals surface area contributed by atoms with Crippen LogP contribution in [0, 0.1) is 0 Å². The molecule has 1 aromatic heterocycles. The van der Waals surface area contributed by atoms with Crippen LogP contribution in [-0.4, -0.2) is 39.6 Å². The van der Waals surface area contributed by atoms with Crippen molar-refractivity contribution in [3.63, 3.8) is 0 Å². The lowest BCUT2D eigenvalue weighted by atomic mass is 10.3. The minimum Gasteiger partial charge on any atom is -0.406 e. The van der Waals surface area contributed by atoms with E-state index in [1.807, 2.05) is 0 Å². The molecule has 0 spiro atoms. The smallest absolute Gasteiger partial charge is 0.406 e. The first-order valence-corrected chi connectivity index (χ1v) is 9.69. The zero-order valence-corrected chi connectivity index (χ0v) is 14.9. The molecule has 0 unspecified atom stereocenters. The first-order valence-electron chi connectivity index (χ1n) is 7.32. The summed E-state index contributed by atoms with van der Waals surface area (Å²) in [6, 6.07) is 7.41. The first-order chi connectivity index (χ1) is 12.2. The summed E-state index contributed by atoms with van der Waals surface area (Å²) >= 11 is 1.37. The Hall–Kier alpha value is -1.66. The first kappa shape index (κ1) is 20.6. The van der Waals surface area contributed by atoms with Gasteiger partial charge in [0.05, 0.1) is 18.1 Å². The Labute approximate surface area is 152 Å². The van der Waals surface area contributed by atoms with E-state index in [0.717, 1.165) is 29.1 Å². The Bertz CT molecular complexity index is 777. The summed E-state index contributed by atoms with van der Waals surface area (Å²) in [6.45, 7) is -0.271. The third kappa shape index (κ3) is 6.25. The second-order valence-corrected chi connectivity index (χ2v) is 7.72. The lowest BCUT2D eigenvalue weighted by Gasteiger charge is -2.17. The average molecular weight is 411 g/mol. The largest absolute Gasteiger partial charge is 0.573 e. The van der Waals surface area contributed by atoms with E-state index in [2.05, 4.69) is 9.46 Å². The Morgan fingerprint density at radius 1 is 1.19 bits per heavy atom. The minimum absolute atomic E-state index is 0.0355. The third-order valence-corrected chi connectivity index (χ3v) is 5.50. The summed E-state index contributed by atoms with van der Waals surface area (Å²) in [6.07, 6.45) is -5.44. The number of benzene rings is 1. The van der Waals surface area contributed by atoms with Crippen LogP contribution >= 0.6 is 11.3 Å². The van der Waals surface area contributed by atoms with Crippen molar-refractivity contribution >= 4 is 21.4 Å². The van der Waals surface area contributed by atoms with Crippen molar-refractivity contribution in [2.75, 3.05) is 19.8 Å². The molecular formula is C15H16F3NO5S2. The fourth-order valence-electron chi connectivity index (χ4n) is 2.00. The molecule has 0 aliphatic carbocycles. The van der Waals surface area contributed by atoms with Gasteiger partial charge in [0.15, 0.2) is 0 Å². The van der Waals surface area contributed by atoms with Crippen LogP contribution in [0.2, 0.25) is 0 Å². The molecule has 0 fully saturated rings. The number of alkyl halides is 3. The molecule has 0 radical (unpaired) electrons. The van der Waals surface area contributed by atoms with Gasteiger partial charge in [-0.2, -0.15) is 0 Å². The molecule has 26 heavy (non-hydrogen) atoms. The SMILES string of the molecule is O=S(=O)(NC[C@H](OCCO)c1cccs1)c1ccc(OC(F)(F)F)cc1. The van der Waals surface area contributed by atoms with Gasteiger partial charge in [0, 0.05) is 11.4 Å². The molecule has 1 atom stereocenters. The van der Waals surface area contributed by atoms with E-state index in [0.29, 0.717) is 0 Å². The predicted octanol–water partition coefficient (Wildman–Crippen LogP) is 2.68. The number of halogens is 3. The van der Waals surface area contributed by atoms with Gasteiger partial charge in [-0.05, 0) is 35.7 Å². The van der Waals surface area contributed by atoms with Crippen molar-refractivity contribution in [3.8, 4) is 5.75 Å². The van der Waals surface area contributed by atoms with E-state index in [9.17, 15) is 21.6 Å². The van der Waals surface area contributed by atoms with Crippen LogP contribution in [0.1, 0.15) is 11.0 Å². The zero-order chi connectivity index (χ0) is 19.2. The van der Waals surface area contributed by atoms with Crippen molar-refractivity contribution < 1.29 is 36.2 Å². The van der Waals surface area contributed by atoms with Crippen LogP contribution in [0.5, 0.6) is 5.75 Å². The molecule has 1 heterocycles. The fourth-order valence-corrected chi connectivity index (χ4v) is 3.81. The van der Waals surface area contributed by atoms with Crippen LogP contribution in [0.4, 0.5) is 13.2 Å². The second kappa shape index (κ2) is 8.82. The molecule has 2 aromatic rings. The highest BCUT2D eigenvalue weighted by Gasteiger charge is 2.31. The maximum atomic E-state index is 12.3. The molecule has 2 N–H and O–H groups in total. The van der Waals surface area contributed by atoms with E-state index < -0.39 is 28.2 Å². The molecule has 0 saturated carbocycles. The van der Waals surface area contributed by atoms with Gasteiger partial charge in [0.2, 0.25) is 10.0 Å². The van der Waals surface area contributed by atoms with Crippen LogP contribution in [0.15, 0.2) is 46.7 Å². The number of thiophene rings is 1. The van der Waals surface area contributed by atoms with Crippen LogP contribution in [0.25, 0.3) is 0 Å². The summed E-state index contributed by atoms with van der Waals surface area (Å²) in [5, 5.41) is 10.7. The van der Waals surface area contributed by atoms with Gasteiger partial charge in [-0.1, -0.05) is 6.07 Å². The van der Waals surface area contributed by atoms with Gasteiger partial charge >= 0.3 is 6.36 Å². The molecule has 0 aliphatic rings. The molecule has 144 valence electrons. The summed E-state index contributed by atoms with van der Waals surface area (Å²) in [4.78, 5) is 0.564. The highest BCUT2D eigenvalue weighted by molar-refractivity contribution is 7.89. The highest BCUT2D eigenvalue weighted by atomic mass is 32.2. The zero-order valence-electron chi connectivity index (χ0n) is 13.3. The van der Waals surface area contributed by atoms with Gasteiger partial charge in [-0.15, -0.1) is 24.5 Å². The fraction of sp³-hybridized carbons (Fsp3) is 0.333. The summed E-state index contributed by atoms with van der Waals surface area (Å²) < 4.78 is 72.5. The number of sulfonamides is 1. The molecule has 6 nitrogen and oxygen atoms in total. The lowest BCUT2D eigenvalue weighted by molar-refractivity contribution is -0.274. The molecule has 0 aliphatic heterocycles. The van der Waals surface area contributed by atoms with Crippen LogP contribution < -0.4 is 9.46 Å². The van der Waals surface area contributed by atoms with Crippen molar-refractivity contribution in [3.05, 3.63) is 46.7 Å². The van der Waals surface area contributed by atoms with Gasteiger partial charge < -0.3 is 14.6 Å². The predicted molar refractivity (Wildman–Crippen MR) is 88.4 cm³/mol. The monoisotopic (exact) mass is 411 g/mol. The maximum Gasteiger partial charge on any atom is 0.573 e. The number of aliphatic hydroxyl groups excluding tert-OH is 1.